The third-order valence-electron chi connectivity index (χ3n) is 3.50. The number of aliphatic carboxylic acids is 1. The summed E-state index contributed by atoms with van der Waals surface area (Å²) in [6.45, 7) is 4.31. The van der Waals surface area contributed by atoms with Crippen molar-refractivity contribution in [2.75, 3.05) is 25.0 Å². The molecular weight excluding hydrogens is 272 g/mol. The van der Waals surface area contributed by atoms with Gasteiger partial charge in [-0.1, -0.05) is 19.1 Å². The minimum atomic E-state index is -1.00. The third-order valence-corrected chi connectivity index (χ3v) is 3.50. The minimum Gasteiger partial charge on any atom is -0.480 e. The molecule has 0 unspecified atom stereocenters. The highest BCUT2D eigenvalue weighted by molar-refractivity contribution is 5.90. The van der Waals surface area contributed by atoms with E-state index in [0.29, 0.717) is 13.1 Å². The molecule has 114 valence electrons. The summed E-state index contributed by atoms with van der Waals surface area (Å²) in [6, 6.07) is 7.50. The number of likely N-dealkylation sites (tertiary alicyclic amines) is 1. The highest BCUT2D eigenvalue weighted by Crippen LogP contribution is 2.25. The van der Waals surface area contributed by atoms with Crippen molar-refractivity contribution in [1.82, 2.24) is 4.90 Å². The Morgan fingerprint density at radius 2 is 1.95 bits per heavy atom. The number of hydrogen-bond acceptors (Lipinski definition) is 3. The van der Waals surface area contributed by atoms with E-state index < -0.39 is 11.6 Å². The van der Waals surface area contributed by atoms with Gasteiger partial charge in [-0.2, -0.15) is 0 Å². The maximum absolute atomic E-state index is 12.0. The molecule has 0 aromatic heterocycles. The fraction of sp³-hybridized carbons (Fsp3) is 0.467. The maximum atomic E-state index is 12.0. The van der Waals surface area contributed by atoms with Gasteiger partial charge >= 0.3 is 12.0 Å². The number of nitrogens with zero attached hydrogens (tertiary/aromatic N) is 1. The number of carboxylic acid groups (broad SMARTS) is 1. The number of nitrogens with one attached hydrogen (secondary N) is 1. The molecule has 1 aliphatic rings. The van der Waals surface area contributed by atoms with Crippen LogP contribution in [0.25, 0.3) is 0 Å². The van der Waals surface area contributed by atoms with Gasteiger partial charge in [0.25, 0.3) is 0 Å². The highest BCUT2D eigenvalue weighted by atomic mass is 16.5. The molecule has 0 atom stereocenters. The van der Waals surface area contributed by atoms with Crippen LogP contribution in [0.3, 0.4) is 0 Å². The number of aryl methyl sites for hydroxylation is 1. The summed E-state index contributed by atoms with van der Waals surface area (Å²) in [6.07, 6.45) is 0.958. The molecule has 6 heteroatoms. The molecule has 1 aliphatic heterocycles. The van der Waals surface area contributed by atoms with Crippen molar-refractivity contribution in [3.05, 3.63) is 29.8 Å². The molecule has 1 aromatic rings. The number of rotatable bonds is 5. The Morgan fingerprint density at radius 3 is 2.48 bits per heavy atom. The van der Waals surface area contributed by atoms with E-state index in [0.717, 1.165) is 12.1 Å². The molecule has 0 aliphatic carbocycles. The van der Waals surface area contributed by atoms with Gasteiger partial charge in [-0.15, -0.1) is 0 Å². The summed E-state index contributed by atoms with van der Waals surface area (Å²) in [5.74, 6) is -1.00. The van der Waals surface area contributed by atoms with E-state index in [-0.39, 0.29) is 12.6 Å². The monoisotopic (exact) mass is 292 g/mol. The number of benzene rings is 1. The van der Waals surface area contributed by atoms with Gasteiger partial charge in [-0.05, 0) is 31.0 Å². The number of ether oxygens (including phenoxy) is 1. The molecule has 2 amide bonds. The molecule has 21 heavy (non-hydrogen) atoms. The SMILES string of the molecule is CCc1ccc(NC(=O)N2CC(C)(OCC(=O)O)C2)cc1. The molecule has 1 heterocycles. The standard InChI is InChI=1S/C15H20N2O4/c1-3-11-4-6-12(7-5-11)16-14(20)17-9-15(2,10-17)21-8-13(18)19/h4-7H,3,8-10H2,1-2H3,(H,16,20)(H,18,19). The number of carbonyl (C=O) groups is 2. The first-order chi connectivity index (χ1) is 9.92. The molecule has 1 aromatic carbocycles. The number of carbonyl (C=O) groups excluding carboxylic acids is 1. The summed E-state index contributed by atoms with van der Waals surface area (Å²) in [5.41, 5.74) is 1.39. The smallest absolute Gasteiger partial charge is 0.329 e. The van der Waals surface area contributed by atoms with Gasteiger partial charge < -0.3 is 20.1 Å². The Labute approximate surface area is 123 Å². The molecule has 6 nitrogen and oxygen atoms in total. The van der Waals surface area contributed by atoms with Crippen molar-refractivity contribution < 1.29 is 19.4 Å². The first-order valence-corrected chi connectivity index (χ1v) is 6.92. The van der Waals surface area contributed by atoms with Crippen molar-refractivity contribution in [3.63, 3.8) is 0 Å². The van der Waals surface area contributed by atoms with E-state index in [2.05, 4.69) is 12.2 Å². The summed E-state index contributed by atoms with van der Waals surface area (Å²) in [4.78, 5) is 24.1. The summed E-state index contributed by atoms with van der Waals surface area (Å²) >= 11 is 0. The van der Waals surface area contributed by atoms with Gasteiger partial charge in [0.1, 0.15) is 12.2 Å². The van der Waals surface area contributed by atoms with Crippen LogP contribution in [0.2, 0.25) is 0 Å². The van der Waals surface area contributed by atoms with Crippen LogP contribution in [-0.4, -0.2) is 47.3 Å². The van der Waals surface area contributed by atoms with Crippen LogP contribution < -0.4 is 5.32 Å². The molecule has 0 spiro atoms. The van der Waals surface area contributed by atoms with Crippen molar-refractivity contribution >= 4 is 17.7 Å². The fourth-order valence-corrected chi connectivity index (χ4v) is 2.26. The van der Waals surface area contributed by atoms with E-state index in [9.17, 15) is 9.59 Å². The van der Waals surface area contributed by atoms with Crippen LogP contribution in [0.15, 0.2) is 24.3 Å². The largest absolute Gasteiger partial charge is 0.480 e. The number of hydrogen-bond donors (Lipinski definition) is 2. The summed E-state index contributed by atoms with van der Waals surface area (Å²) in [5, 5.41) is 11.4. The lowest BCUT2D eigenvalue weighted by Gasteiger charge is -2.46. The minimum absolute atomic E-state index is 0.198. The molecular formula is C15H20N2O4. The lowest BCUT2D eigenvalue weighted by atomic mass is 9.97. The number of amides is 2. The number of anilines is 1. The predicted octanol–water partition coefficient (Wildman–Crippen LogP) is 1.96. The Morgan fingerprint density at radius 1 is 1.33 bits per heavy atom. The van der Waals surface area contributed by atoms with E-state index in [1.165, 1.54) is 5.56 Å². The number of carboxylic acids is 1. The average molecular weight is 292 g/mol. The predicted molar refractivity (Wildman–Crippen MR) is 78.4 cm³/mol. The van der Waals surface area contributed by atoms with Crippen LogP contribution in [0.4, 0.5) is 10.5 Å². The van der Waals surface area contributed by atoms with Gasteiger partial charge in [0.15, 0.2) is 0 Å². The Hall–Kier alpha value is -2.08. The third kappa shape index (κ3) is 3.95. The van der Waals surface area contributed by atoms with Crippen molar-refractivity contribution in [3.8, 4) is 0 Å². The maximum Gasteiger partial charge on any atom is 0.329 e. The zero-order valence-electron chi connectivity index (χ0n) is 12.3. The Balaban J connectivity index is 1.81. The van der Waals surface area contributed by atoms with Crippen molar-refractivity contribution in [1.29, 1.82) is 0 Å². The summed E-state index contributed by atoms with van der Waals surface area (Å²) in [7, 11) is 0. The second kappa shape index (κ2) is 6.13. The topological polar surface area (TPSA) is 78.9 Å². The molecule has 2 N–H and O–H groups in total. The van der Waals surface area contributed by atoms with E-state index in [4.69, 9.17) is 9.84 Å². The van der Waals surface area contributed by atoms with Crippen molar-refractivity contribution in [2.24, 2.45) is 0 Å². The zero-order valence-corrected chi connectivity index (χ0v) is 12.3. The first kappa shape index (κ1) is 15.3. The first-order valence-electron chi connectivity index (χ1n) is 6.92. The molecule has 0 saturated carbocycles. The highest BCUT2D eigenvalue weighted by Gasteiger charge is 2.42. The quantitative estimate of drug-likeness (QED) is 0.869. The van der Waals surface area contributed by atoms with Gasteiger partial charge in [0.2, 0.25) is 0 Å². The van der Waals surface area contributed by atoms with E-state index >= 15 is 0 Å². The van der Waals surface area contributed by atoms with E-state index in [1.807, 2.05) is 24.3 Å². The fourth-order valence-electron chi connectivity index (χ4n) is 2.26. The van der Waals surface area contributed by atoms with Crippen LogP contribution in [0, 0.1) is 0 Å². The van der Waals surface area contributed by atoms with Crippen molar-refractivity contribution in [2.45, 2.75) is 25.9 Å². The zero-order chi connectivity index (χ0) is 15.5. The lowest BCUT2D eigenvalue weighted by Crippen LogP contribution is -2.64. The average Bonchev–Trinajstić information content (AvgIpc) is 2.43. The Bertz CT molecular complexity index is 521. The van der Waals surface area contributed by atoms with Crippen LogP contribution in [0.5, 0.6) is 0 Å². The molecule has 1 fully saturated rings. The second-order valence-electron chi connectivity index (χ2n) is 5.47. The van der Waals surface area contributed by atoms with Gasteiger partial charge in [-0.25, -0.2) is 9.59 Å². The summed E-state index contributed by atoms with van der Waals surface area (Å²) < 4.78 is 5.27. The Kier molecular flexibility index (Phi) is 4.47. The van der Waals surface area contributed by atoms with Gasteiger partial charge in [0, 0.05) is 5.69 Å². The normalized spacial score (nSPS) is 16.2. The van der Waals surface area contributed by atoms with Crippen LogP contribution in [0.1, 0.15) is 19.4 Å². The van der Waals surface area contributed by atoms with Gasteiger partial charge in [0.05, 0.1) is 13.1 Å². The molecule has 0 radical (unpaired) electrons. The molecule has 1 saturated heterocycles. The lowest BCUT2D eigenvalue weighted by molar-refractivity contribution is -0.159. The molecule has 0 bridgehead atoms. The van der Waals surface area contributed by atoms with Crippen LogP contribution in [-0.2, 0) is 16.0 Å². The van der Waals surface area contributed by atoms with Crippen LogP contribution >= 0.6 is 0 Å². The number of urea groups is 1. The molecule has 2 rings (SSSR count). The second-order valence-corrected chi connectivity index (χ2v) is 5.47. The van der Waals surface area contributed by atoms with Gasteiger partial charge in [-0.3, -0.25) is 0 Å². The van der Waals surface area contributed by atoms with E-state index in [1.54, 1.807) is 11.8 Å².